The zero-order chi connectivity index (χ0) is 24.0. The third kappa shape index (κ3) is 5.28. The average Bonchev–Trinajstić information content (AvgIpc) is 2.89. The summed E-state index contributed by atoms with van der Waals surface area (Å²) in [6, 6.07) is 34.8. The van der Waals surface area contributed by atoms with E-state index in [1.165, 1.54) is 5.56 Å². The van der Waals surface area contributed by atoms with Crippen LogP contribution in [0.2, 0.25) is 0 Å². The van der Waals surface area contributed by atoms with Crippen molar-refractivity contribution < 1.29 is 9.29 Å². The molecule has 0 spiro atoms. The topological polar surface area (TPSA) is 47.9 Å². The third-order valence-electron chi connectivity index (χ3n) is 5.52. The highest BCUT2D eigenvalue weighted by Gasteiger charge is 2.23. The fraction of sp³-hybridized carbons (Fsp3) is 0.103. The van der Waals surface area contributed by atoms with Gasteiger partial charge in [-0.3, -0.25) is 0 Å². The van der Waals surface area contributed by atoms with Gasteiger partial charge < -0.3 is 14.2 Å². The summed E-state index contributed by atoms with van der Waals surface area (Å²) in [5.41, 5.74) is 3.06. The molecule has 0 aromatic heterocycles. The predicted octanol–water partition coefficient (Wildman–Crippen LogP) is 7.02. The van der Waals surface area contributed by atoms with Crippen molar-refractivity contribution in [1.29, 1.82) is 0 Å². The van der Waals surface area contributed by atoms with Gasteiger partial charge in [0, 0.05) is 12.7 Å². The van der Waals surface area contributed by atoms with Crippen LogP contribution >= 0.6 is 0 Å². The van der Waals surface area contributed by atoms with Gasteiger partial charge in [0.15, 0.2) is 5.82 Å². The molecule has 0 atom stereocenters. The first-order chi connectivity index (χ1) is 16.5. The molecule has 4 aromatic rings. The minimum absolute atomic E-state index is 0.590. The summed E-state index contributed by atoms with van der Waals surface area (Å²) in [7, 11) is 0.639. The van der Waals surface area contributed by atoms with Gasteiger partial charge in [0.05, 0.1) is 7.11 Å². The summed E-state index contributed by atoms with van der Waals surface area (Å²) in [5.74, 6) is 1.37. The maximum absolute atomic E-state index is 14.6. The van der Waals surface area contributed by atoms with Gasteiger partial charge in [-0.05, 0) is 77.2 Å². The molecule has 4 rings (SSSR count). The molecule has 4 nitrogen and oxygen atoms in total. The molecule has 0 aliphatic carbocycles. The van der Waals surface area contributed by atoms with Crippen molar-refractivity contribution in [3.05, 3.63) is 126 Å². The van der Waals surface area contributed by atoms with E-state index in [1.54, 1.807) is 7.11 Å². The summed E-state index contributed by atoms with van der Waals surface area (Å²) in [4.78, 5) is 3.30. The Morgan fingerprint density at radius 1 is 0.794 bits per heavy atom. The Bertz CT molecular complexity index is 1260. The van der Waals surface area contributed by atoms with Crippen molar-refractivity contribution in [1.82, 2.24) is 0 Å². The second-order valence-corrected chi connectivity index (χ2v) is 10.1. The highest BCUT2D eigenvalue weighted by molar-refractivity contribution is 8.00. The molecule has 0 bridgehead atoms. The molecular formula is C29H28N2O2S. The van der Waals surface area contributed by atoms with Crippen LogP contribution in [-0.2, 0) is 10.1 Å². The second-order valence-electron chi connectivity index (χ2n) is 7.91. The van der Waals surface area contributed by atoms with Crippen LogP contribution in [0, 0.1) is 6.92 Å². The van der Waals surface area contributed by atoms with Crippen LogP contribution < -0.4 is 9.64 Å². The van der Waals surface area contributed by atoms with Gasteiger partial charge in [-0.15, -0.1) is 0 Å². The summed E-state index contributed by atoms with van der Waals surface area (Å²) < 4.78 is 24.9. The number of benzene rings is 4. The Morgan fingerprint density at radius 3 is 1.82 bits per heavy atom. The van der Waals surface area contributed by atoms with E-state index in [-0.39, 0.29) is 0 Å². The van der Waals surface area contributed by atoms with Crippen molar-refractivity contribution in [2.45, 2.75) is 16.7 Å². The average molecular weight is 469 g/mol. The van der Waals surface area contributed by atoms with E-state index < -0.39 is 10.1 Å². The second kappa shape index (κ2) is 10.5. The molecule has 0 saturated heterocycles. The van der Waals surface area contributed by atoms with Crippen molar-refractivity contribution in [2.24, 2.45) is 4.36 Å². The number of aryl methyl sites for hydroxylation is 1. The molecule has 5 heteroatoms. The largest absolute Gasteiger partial charge is 0.622 e. The number of hydrogen-bond donors (Lipinski definition) is 0. The monoisotopic (exact) mass is 468 g/mol. The Balaban J connectivity index is 1.93. The lowest BCUT2D eigenvalue weighted by Gasteiger charge is -2.26. The van der Waals surface area contributed by atoms with Gasteiger partial charge in [-0.1, -0.05) is 70.6 Å². The standard InChI is InChI=1S/C29H28N2O2S/c1-23-14-18-25(19-15-23)31(2)29(22-24-16-20-26(33-3)21-17-24)30-34(32,27-10-6-4-7-11-27)28-12-8-5-9-13-28/h4-22H,1-3H3/b29-22+. The summed E-state index contributed by atoms with van der Waals surface area (Å²) in [5, 5.41) is 0. The van der Waals surface area contributed by atoms with Gasteiger partial charge >= 0.3 is 0 Å². The van der Waals surface area contributed by atoms with E-state index in [9.17, 15) is 4.55 Å². The molecule has 0 unspecified atom stereocenters. The number of methoxy groups -OCH3 is 1. The quantitative estimate of drug-likeness (QED) is 0.274. The molecule has 0 fully saturated rings. The van der Waals surface area contributed by atoms with Crippen molar-refractivity contribution in [3.63, 3.8) is 0 Å². The number of rotatable bonds is 7. The van der Waals surface area contributed by atoms with Gasteiger partial charge in [-0.2, -0.15) is 0 Å². The summed E-state index contributed by atoms with van der Waals surface area (Å²) in [6.07, 6.45) is 1.95. The lowest BCUT2D eigenvalue weighted by atomic mass is 10.2. The molecule has 0 heterocycles. The van der Waals surface area contributed by atoms with E-state index in [2.05, 4.69) is 19.1 Å². The normalized spacial score (nSPS) is 11.7. The number of hydrogen-bond acceptors (Lipinski definition) is 4. The molecule has 0 amide bonds. The molecule has 0 aliphatic heterocycles. The van der Waals surface area contributed by atoms with Crippen molar-refractivity contribution in [2.75, 3.05) is 19.1 Å². The van der Waals surface area contributed by atoms with E-state index in [0.717, 1.165) is 17.0 Å². The summed E-state index contributed by atoms with van der Waals surface area (Å²) in [6.45, 7) is 2.06. The van der Waals surface area contributed by atoms with Crippen LogP contribution in [0.15, 0.2) is 129 Å². The fourth-order valence-corrected chi connectivity index (χ4v) is 5.49. The first-order valence-electron chi connectivity index (χ1n) is 11.0. The fourth-order valence-electron chi connectivity index (χ4n) is 3.52. The highest BCUT2D eigenvalue weighted by atomic mass is 32.3. The first-order valence-corrected chi connectivity index (χ1v) is 12.5. The lowest BCUT2D eigenvalue weighted by molar-refractivity contribution is 0.415. The molecule has 4 aromatic carbocycles. The minimum Gasteiger partial charge on any atom is -0.622 e. The smallest absolute Gasteiger partial charge is 0.180 e. The van der Waals surface area contributed by atoms with Crippen LogP contribution in [0.5, 0.6) is 5.75 Å². The van der Waals surface area contributed by atoms with Gasteiger partial charge in [-0.25, -0.2) is 0 Å². The third-order valence-corrected chi connectivity index (χ3v) is 7.79. The maximum Gasteiger partial charge on any atom is 0.180 e. The Kier molecular flexibility index (Phi) is 7.26. The van der Waals surface area contributed by atoms with E-state index in [1.807, 2.05) is 115 Å². The first kappa shape index (κ1) is 23.5. The lowest BCUT2D eigenvalue weighted by Crippen LogP contribution is -2.20. The van der Waals surface area contributed by atoms with Crippen LogP contribution in [0.25, 0.3) is 6.08 Å². The Morgan fingerprint density at radius 2 is 1.32 bits per heavy atom. The van der Waals surface area contributed by atoms with Gasteiger partial charge in [0.25, 0.3) is 0 Å². The molecule has 34 heavy (non-hydrogen) atoms. The SMILES string of the molecule is COc1ccc(/C=C(\N=[S+]([O-])(c2ccccc2)c2ccccc2)N(C)c2ccc(C)cc2)cc1. The van der Waals surface area contributed by atoms with Crippen molar-refractivity contribution >= 4 is 21.9 Å². The van der Waals surface area contributed by atoms with Crippen LogP contribution in [0.4, 0.5) is 5.69 Å². The number of nitrogens with zero attached hydrogens (tertiary/aromatic N) is 2. The van der Waals surface area contributed by atoms with E-state index in [4.69, 9.17) is 9.10 Å². The van der Waals surface area contributed by atoms with Gasteiger partial charge in [0.2, 0.25) is 0 Å². The van der Waals surface area contributed by atoms with Gasteiger partial charge in [0.1, 0.15) is 15.5 Å². The highest BCUT2D eigenvalue weighted by Crippen LogP contribution is 2.32. The minimum atomic E-state index is -2.95. The Labute approximate surface area is 203 Å². The zero-order valence-electron chi connectivity index (χ0n) is 19.6. The number of anilines is 1. The van der Waals surface area contributed by atoms with E-state index >= 15 is 0 Å². The van der Waals surface area contributed by atoms with Crippen LogP contribution in [-0.4, -0.2) is 18.7 Å². The van der Waals surface area contributed by atoms with Crippen LogP contribution in [0.1, 0.15) is 11.1 Å². The molecule has 0 aliphatic rings. The molecule has 0 saturated carbocycles. The van der Waals surface area contributed by atoms with Crippen LogP contribution in [0.3, 0.4) is 0 Å². The maximum atomic E-state index is 14.6. The molecule has 0 N–H and O–H groups in total. The zero-order valence-corrected chi connectivity index (χ0v) is 20.4. The van der Waals surface area contributed by atoms with E-state index in [0.29, 0.717) is 15.6 Å². The Hall–Kier alpha value is -3.67. The predicted molar refractivity (Wildman–Crippen MR) is 141 cm³/mol. The summed E-state index contributed by atoms with van der Waals surface area (Å²) >= 11 is 0. The molecule has 172 valence electrons. The molecular weight excluding hydrogens is 440 g/mol. The number of ether oxygens (including phenoxy) is 1. The van der Waals surface area contributed by atoms with Crippen molar-refractivity contribution in [3.8, 4) is 5.75 Å². The molecule has 0 radical (unpaired) electrons.